The Morgan fingerprint density at radius 2 is 1.86 bits per heavy atom. The van der Waals surface area contributed by atoms with E-state index in [9.17, 15) is 18.0 Å². The molecule has 2 heterocycles. The first kappa shape index (κ1) is 20.8. The highest BCUT2D eigenvalue weighted by atomic mass is 32.1. The van der Waals surface area contributed by atoms with Crippen LogP contribution in [-0.4, -0.2) is 52.4 Å². The molecule has 0 atom stereocenters. The smallest absolute Gasteiger partial charge is 0.336 e. The van der Waals surface area contributed by atoms with Crippen LogP contribution in [0.2, 0.25) is 0 Å². The van der Waals surface area contributed by atoms with Gasteiger partial charge < -0.3 is 4.90 Å². The molecule has 1 fully saturated rings. The zero-order valence-corrected chi connectivity index (χ0v) is 17.0. The Kier molecular flexibility index (Phi) is 5.82. The maximum Gasteiger partial charge on any atom is 0.416 e. The maximum absolute atomic E-state index is 12.9. The van der Waals surface area contributed by atoms with E-state index in [2.05, 4.69) is 30.7 Å². The number of carbonyl (C=O) groups excluding carboxylic acids is 1. The lowest BCUT2D eigenvalue weighted by Gasteiger charge is -2.34. The Labute approximate surface area is 167 Å². The van der Waals surface area contributed by atoms with Gasteiger partial charge in [0.1, 0.15) is 10.7 Å². The molecule has 0 saturated carbocycles. The minimum atomic E-state index is -4.41. The van der Waals surface area contributed by atoms with Gasteiger partial charge in [0.05, 0.1) is 5.56 Å². The van der Waals surface area contributed by atoms with E-state index in [1.165, 1.54) is 17.4 Å². The van der Waals surface area contributed by atoms with Gasteiger partial charge >= 0.3 is 6.18 Å². The molecule has 0 N–H and O–H groups in total. The van der Waals surface area contributed by atoms with Crippen molar-refractivity contribution in [2.24, 2.45) is 0 Å². The molecule has 2 aromatic rings. The molecule has 1 aromatic carbocycles. The average molecular weight is 411 g/mol. The van der Waals surface area contributed by atoms with Gasteiger partial charge in [-0.1, -0.05) is 12.1 Å². The molecule has 152 valence electrons. The van der Waals surface area contributed by atoms with Gasteiger partial charge in [0.2, 0.25) is 0 Å². The number of nitrogens with zero attached hydrogens (tertiary/aromatic N) is 3. The van der Waals surface area contributed by atoms with E-state index >= 15 is 0 Å². The predicted molar refractivity (Wildman–Crippen MR) is 104 cm³/mol. The molecule has 0 spiro atoms. The van der Waals surface area contributed by atoms with Crippen LogP contribution in [0.4, 0.5) is 13.2 Å². The fourth-order valence-electron chi connectivity index (χ4n) is 3.29. The molecular formula is C20H24F3N3OS. The SMILES string of the molecule is CC(C)(C)N1CCCN(C(=O)c2csc(-c3cccc(C(F)(F)F)c3)n2)CC1. The maximum atomic E-state index is 12.9. The minimum absolute atomic E-state index is 0.0519. The van der Waals surface area contributed by atoms with E-state index < -0.39 is 11.7 Å². The molecule has 3 rings (SSSR count). The topological polar surface area (TPSA) is 36.4 Å². The van der Waals surface area contributed by atoms with Crippen LogP contribution in [0, 0.1) is 0 Å². The lowest BCUT2D eigenvalue weighted by atomic mass is 10.1. The van der Waals surface area contributed by atoms with Gasteiger partial charge in [-0.15, -0.1) is 11.3 Å². The molecule has 1 saturated heterocycles. The molecule has 1 aliphatic heterocycles. The third kappa shape index (κ3) is 4.72. The lowest BCUT2D eigenvalue weighted by molar-refractivity contribution is -0.137. The first-order chi connectivity index (χ1) is 13.1. The molecule has 0 bridgehead atoms. The third-order valence-electron chi connectivity index (χ3n) is 4.89. The monoisotopic (exact) mass is 411 g/mol. The van der Waals surface area contributed by atoms with Crippen LogP contribution >= 0.6 is 11.3 Å². The van der Waals surface area contributed by atoms with E-state index in [1.54, 1.807) is 16.3 Å². The van der Waals surface area contributed by atoms with E-state index in [1.807, 2.05) is 0 Å². The molecule has 1 aliphatic rings. The summed E-state index contributed by atoms with van der Waals surface area (Å²) in [5.41, 5.74) is -0.00534. The highest BCUT2D eigenvalue weighted by Gasteiger charge is 2.31. The van der Waals surface area contributed by atoms with E-state index in [0.29, 0.717) is 29.4 Å². The zero-order chi connectivity index (χ0) is 20.5. The van der Waals surface area contributed by atoms with Gasteiger partial charge in [0, 0.05) is 42.7 Å². The van der Waals surface area contributed by atoms with Crippen LogP contribution in [0.1, 0.15) is 43.2 Å². The van der Waals surface area contributed by atoms with Crippen LogP contribution in [0.3, 0.4) is 0 Å². The number of halogens is 3. The number of hydrogen-bond acceptors (Lipinski definition) is 4. The summed E-state index contributed by atoms with van der Waals surface area (Å²) in [6.45, 7) is 9.47. The number of amides is 1. The van der Waals surface area contributed by atoms with Crippen LogP contribution in [0.15, 0.2) is 29.6 Å². The van der Waals surface area contributed by atoms with Crippen molar-refractivity contribution in [3.63, 3.8) is 0 Å². The summed E-state index contributed by atoms with van der Waals surface area (Å²) in [5, 5.41) is 2.05. The summed E-state index contributed by atoms with van der Waals surface area (Å²) in [4.78, 5) is 21.3. The highest BCUT2D eigenvalue weighted by Crippen LogP contribution is 2.33. The standard InChI is InChI=1S/C20H24F3N3OS/c1-19(2,3)26-9-5-8-25(10-11-26)18(27)16-13-28-17(24-16)14-6-4-7-15(12-14)20(21,22)23/h4,6-7,12-13H,5,8-11H2,1-3H3. The molecule has 0 radical (unpaired) electrons. The van der Waals surface area contributed by atoms with Crippen molar-refractivity contribution in [3.8, 4) is 10.6 Å². The number of alkyl halides is 3. The normalized spacial score (nSPS) is 16.9. The van der Waals surface area contributed by atoms with E-state index in [4.69, 9.17) is 0 Å². The van der Waals surface area contributed by atoms with Crippen LogP contribution in [-0.2, 0) is 6.18 Å². The molecule has 1 amide bonds. The summed E-state index contributed by atoms with van der Waals surface area (Å²) in [6.07, 6.45) is -3.52. The van der Waals surface area contributed by atoms with Gasteiger partial charge in [0.25, 0.3) is 5.91 Å². The average Bonchev–Trinajstić information content (AvgIpc) is 2.97. The Bertz CT molecular complexity index is 842. The van der Waals surface area contributed by atoms with Gasteiger partial charge in [-0.05, 0) is 39.3 Å². The minimum Gasteiger partial charge on any atom is -0.336 e. The Morgan fingerprint density at radius 3 is 2.54 bits per heavy atom. The highest BCUT2D eigenvalue weighted by molar-refractivity contribution is 7.13. The van der Waals surface area contributed by atoms with Gasteiger partial charge in [-0.3, -0.25) is 9.69 Å². The lowest BCUT2D eigenvalue weighted by Crippen LogP contribution is -2.44. The number of benzene rings is 1. The quantitative estimate of drug-likeness (QED) is 0.714. The molecule has 28 heavy (non-hydrogen) atoms. The number of aromatic nitrogens is 1. The second kappa shape index (κ2) is 7.83. The first-order valence-corrected chi connectivity index (χ1v) is 10.1. The summed E-state index contributed by atoms with van der Waals surface area (Å²) in [6, 6.07) is 5.04. The van der Waals surface area contributed by atoms with Gasteiger partial charge in [0.15, 0.2) is 0 Å². The van der Waals surface area contributed by atoms with Crippen LogP contribution in [0.25, 0.3) is 10.6 Å². The van der Waals surface area contributed by atoms with Crippen molar-refractivity contribution >= 4 is 17.2 Å². The van der Waals surface area contributed by atoms with Crippen molar-refractivity contribution in [2.45, 2.75) is 38.9 Å². The van der Waals surface area contributed by atoms with Crippen molar-refractivity contribution in [2.75, 3.05) is 26.2 Å². The molecule has 0 unspecified atom stereocenters. The molecule has 4 nitrogen and oxygen atoms in total. The fourth-order valence-corrected chi connectivity index (χ4v) is 4.08. The summed E-state index contributed by atoms with van der Waals surface area (Å²) in [5.74, 6) is -0.162. The molecular weight excluding hydrogens is 387 g/mol. The first-order valence-electron chi connectivity index (χ1n) is 9.23. The second-order valence-corrected chi connectivity index (χ2v) is 8.78. The molecule has 0 aliphatic carbocycles. The van der Waals surface area contributed by atoms with Crippen LogP contribution < -0.4 is 0 Å². The fraction of sp³-hybridized carbons (Fsp3) is 0.500. The largest absolute Gasteiger partial charge is 0.416 e. The Balaban J connectivity index is 1.74. The van der Waals surface area contributed by atoms with E-state index in [0.717, 1.165) is 31.6 Å². The summed E-state index contributed by atoms with van der Waals surface area (Å²) >= 11 is 1.19. The van der Waals surface area contributed by atoms with Gasteiger partial charge in [-0.25, -0.2) is 4.98 Å². The molecule has 8 heteroatoms. The number of rotatable bonds is 2. The number of thiazole rings is 1. The Morgan fingerprint density at radius 1 is 1.11 bits per heavy atom. The van der Waals surface area contributed by atoms with Crippen LogP contribution in [0.5, 0.6) is 0 Å². The van der Waals surface area contributed by atoms with E-state index in [-0.39, 0.29) is 11.4 Å². The van der Waals surface area contributed by atoms with Gasteiger partial charge in [-0.2, -0.15) is 13.2 Å². The van der Waals surface area contributed by atoms with Crippen molar-refractivity contribution < 1.29 is 18.0 Å². The summed E-state index contributed by atoms with van der Waals surface area (Å²) in [7, 11) is 0. The predicted octanol–water partition coefficient (Wildman–Crippen LogP) is 4.78. The number of hydrogen-bond donors (Lipinski definition) is 0. The molecule has 1 aromatic heterocycles. The second-order valence-electron chi connectivity index (χ2n) is 7.92. The van der Waals surface area contributed by atoms with Crippen molar-refractivity contribution in [1.29, 1.82) is 0 Å². The van der Waals surface area contributed by atoms with Crippen molar-refractivity contribution in [1.82, 2.24) is 14.8 Å². The summed E-state index contributed by atoms with van der Waals surface area (Å²) < 4.78 is 38.8. The zero-order valence-electron chi connectivity index (χ0n) is 16.2. The third-order valence-corrected chi connectivity index (χ3v) is 5.78. The van der Waals surface area contributed by atoms with Crippen molar-refractivity contribution in [3.05, 3.63) is 40.9 Å². The number of carbonyl (C=O) groups is 1. The Hall–Kier alpha value is -1.93.